The minimum Gasteiger partial charge on any atom is -0.482 e. The van der Waals surface area contributed by atoms with E-state index < -0.39 is 11.9 Å². The van der Waals surface area contributed by atoms with Crippen molar-refractivity contribution in [3.05, 3.63) is 94.4 Å². The first-order valence-electron chi connectivity index (χ1n) is 10.8. The minimum atomic E-state index is -0.654. The Kier molecular flexibility index (Phi) is 5.72. The van der Waals surface area contributed by atoms with Crippen LogP contribution in [0.3, 0.4) is 0 Å². The second-order valence-electron chi connectivity index (χ2n) is 7.87. The molecule has 8 heteroatoms. The predicted molar refractivity (Wildman–Crippen MR) is 123 cm³/mol. The van der Waals surface area contributed by atoms with Crippen molar-refractivity contribution in [1.82, 2.24) is 19.3 Å². The number of fused-ring (bicyclic) bond motifs is 3. The van der Waals surface area contributed by atoms with Gasteiger partial charge >= 0.3 is 0 Å². The van der Waals surface area contributed by atoms with Crippen LogP contribution in [-0.2, 0) is 17.6 Å². The van der Waals surface area contributed by atoms with Crippen LogP contribution in [0.25, 0.3) is 5.65 Å². The molecule has 3 aromatic heterocycles. The molecule has 4 heterocycles. The van der Waals surface area contributed by atoms with Gasteiger partial charge in [-0.2, -0.15) is 0 Å². The molecule has 1 amide bonds. The Labute approximate surface area is 195 Å². The lowest BCUT2D eigenvalue weighted by Gasteiger charge is -2.36. The third kappa shape index (κ3) is 3.93. The largest absolute Gasteiger partial charge is 0.482 e. The van der Waals surface area contributed by atoms with Crippen LogP contribution in [0.1, 0.15) is 35.6 Å². The average Bonchev–Trinajstić information content (AvgIpc) is 3.21. The van der Waals surface area contributed by atoms with Crippen molar-refractivity contribution in [2.75, 3.05) is 13.2 Å². The Balaban J connectivity index is 1.54. The number of ether oxygens (including phenoxy) is 1. The van der Waals surface area contributed by atoms with Crippen LogP contribution >= 0.6 is 11.6 Å². The number of halogens is 2. The summed E-state index contributed by atoms with van der Waals surface area (Å²) in [5.74, 6) is -0.127. The number of hydrogen-bond donors (Lipinski definition) is 0. The van der Waals surface area contributed by atoms with Gasteiger partial charge in [0.15, 0.2) is 6.61 Å². The molecule has 0 aliphatic carbocycles. The van der Waals surface area contributed by atoms with E-state index in [4.69, 9.17) is 21.3 Å². The summed E-state index contributed by atoms with van der Waals surface area (Å²) in [6.07, 6.45) is 4.85. The maximum atomic E-state index is 15.1. The molecule has 0 radical (unpaired) electrons. The molecule has 1 unspecified atom stereocenters. The fourth-order valence-electron chi connectivity index (χ4n) is 4.39. The van der Waals surface area contributed by atoms with E-state index in [2.05, 4.69) is 4.98 Å². The molecule has 0 fully saturated rings. The molecule has 33 heavy (non-hydrogen) atoms. The van der Waals surface area contributed by atoms with E-state index in [1.54, 1.807) is 35.4 Å². The van der Waals surface area contributed by atoms with Crippen molar-refractivity contribution in [2.45, 2.75) is 25.8 Å². The number of carbonyl (C=O) groups is 1. The fourth-order valence-corrected chi connectivity index (χ4v) is 4.55. The van der Waals surface area contributed by atoms with Crippen molar-refractivity contribution >= 4 is 23.2 Å². The molecule has 1 atom stereocenters. The number of pyridine rings is 2. The monoisotopic (exact) mass is 464 g/mol. The number of rotatable bonds is 5. The van der Waals surface area contributed by atoms with E-state index in [-0.39, 0.29) is 12.5 Å². The van der Waals surface area contributed by atoms with Crippen LogP contribution in [0, 0.1) is 5.82 Å². The summed E-state index contributed by atoms with van der Waals surface area (Å²) >= 11 is 6.01. The Morgan fingerprint density at radius 3 is 2.94 bits per heavy atom. The summed E-state index contributed by atoms with van der Waals surface area (Å²) in [4.78, 5) is 24.1. The maximum absolute atomic E-state index is 15.1. The second-order valence-corrected chi connectivity index (χ2v) is 8.30. The van der Waals surface area contributed by atoms with Crippen molar-refractivity contribution < 1.29 is 13.9 Å². The summed E-state index contributed by atoms with van der Waals surface area (Å²) < 4.78 is 22.9. The van der Waals surface area contributed by atoms with Crippen LogP contribution in [0.15, 0.2) is 60.9 Å². The number of amides is 1. The molecule has 1 aliphatic heterocycles. The highest BCUT2D eigenvalue weighted by atomic mass is 35.5. The number of aryl methyl sites for hydroxylation is 1. The summed E-state index contributed by atoms with van der Waals surface area (Å²) in [5, 5.41) is 0.301. The van der Waals surface area contributed by atoms with Crippen LogP contribution in [0.2, 0.25) is 5.02 Å². The fraction of sp³-hybridized carbons (Fsp3) is 0.240. The van der Waals surface area contributed by atoms with Crippen LogP contribution in [-0.4, -0.2) is 38.3 Å². The standard InChI is InChI=1S/C25H22ClFN4O2/c1-2-19-21(6-5-11-28-19)33-15-23(32)31-13-10-20-25(30-12-4-3-7-22(30)29-20)24(31)17-9-8-16(26)14-18(17)27/h3-9,11-12,14,24H,2,10,13,15H2,1H3. The number of nitrogens with zero attached hydrogens (tertiary/aromatic N) is 4. The van der Waals surface area contributed by atoms with Gasteiger partial charge in [-0.3, -0.25) is 9.78 Å². The number of carbonyl (C=O) groups excluding carboxylic acids is 1. The lowest BCUT2D eigenvalue weighted by Crippen LogP contribution is -2.43. The van der Waals surface area contributed by atoms with Gasteiger partial charge in [0.1, 0.15) is 23.3 Å². The molecule has 5 rings (SSSR count). The van der Waals surface area contributed by atoms with Gasteiger partial charge < -0.3 is 14.0 Å². The first-order valence-corrected chi connectivity index (χ1v) is 11.2. The topological polar surface area (TPSA) is 59.7 Å². The van der Waals surface area contributed by atoms with Crippen molar-refractivity contribution in [1.29, 1.82) is 0 Å². The Morgan fingerprint density at radius 1 is 1.24 bits per heavy atom. The molecule has 1 aromatic carbocycles. The number of hydrogen-bond acceptors (Lipinski definition) is 4. The molecule has 4 aromatic rings. The first kappa shape index (κ1) is 21.4. The molecular formula is C25H22ClFN4O2. The van der Waals surface area contributed by atoms with E-state index in [1.807, 2.05) is 35.7 Å². The normalized spacial score (nSPS) is 15.5. The highest BCUT2D eigenvalue weighted by molar-refractivity contribution is 6.30. The molecule has 0 bridgehead atoms. The summed E-state index contributed by atoms with van der Waals surface area (Å²) in [5.41, 5.74) is 3.55. The van der Waals surface area contributed by atoms with Gasteiger partial charge in [0.05, 0.1) is 17.1 Å². The van der Waals surface area contributed by atoms with Crippen molar-refractivity contribution in [3.63, 3.8) is 0 Å². The lowest BCUT2D eigenvalue weighted by atomic mass is 9.95. The van der Waals surface area contributed by atoms with Crippen molar-refractivity contribution in [3.8, 4) is 5.75 Å². The number of imidazole rings is 1. The molecule has 0 saturated carbocycles. The number of benzene rings is 1. The Bertz CT molecular complexity index is 1340. The SMILES string of the molecule is CCc1ncccc1OCC(=O)N1CCc2nc3ccccn3c2C1c1ccc(Cl)cc1F. The van der Waals surface area contributed by atoms with E-state index in [9.17, 15) is 4.79 Å². The van der Waals surface area contributed by atoms with Gasteiger partial charge in [0.25, 0.3) is 5.91 Å². The van der Waals surface area contributed by atoms with Crippen LogP contribution in [0.5, 0.6) is 5.75 Å². The molecule has 6 nitrogen and oxygen atoms in total. The highest BCUT2D eigenvalue weighted by Crippen LogP contribution is 2.37. The lowest BCUT2D eigenvalue weighted by molar-refractivity contribution is -0.135. The van der Waals surface area contributed by atoms with Gasteiger partial charge in [-0.25, -0.2) is 9.37 Å². The number of aromatic nitrogens is 3. The van der Waals surface area contributed by atoms with Gasteiger partial charge in [-0.05, 0) is 42.8 Å². The molecule has 1 aliphatic rings. The molecule has 0 N–H and O–H groups in total. The smallest absolute Gasteiger partial charge is 0.261 e. The third-order valence-electron chi connectivity index (χ3n) is 5.92. The van der Waals surface area contributed by atoms with Gasteiger partial charge in [0.2, 0.25) is 0 Å². The summed E-state index contributed by atoms with van der Waals surface area (Å²) in [7, 11) is 0. The van der Waals surface area contributed by atoms with Gasteiger partial charge in [0, 0.05) is 35.9 Å². The van der Waals surface area contributed by atoms with Crippen LogP contribution < -0.4 is 4.74 Å². The van der Waals surface area contributed by atoms with E-state index in [0.717, 1.165) is 22.7 Å². The van der Waals surface area contributed by atoms with Crippen molar-refractivity contribution in [2.24, 2.45) is 0 Å². The molecule has 0 spiro atoms. The molecule has 168 valence electrons. The summed E-state index contributed by atoms with van der Waals surface area (Å²) in [6, 6.07) is 13.2. The maximum Gasteiger partial charge on any atom is 0.261 e. The average molecular weight is 465 g/mol. The predicted octanol–water partition coefficient (Wildman–Crippen LogP) is 4.64. The van der Waals surface area contributed by atoms with Gasteiger partial charge in [-0.1, -0.05) is 30.7 Å². The first-order chi connectivity index (χ1) is 16.1. The Hall–Kier alpha value is -3.45. The molecule has 0 saturated heterocycles. The van der Waals surface area contributed by atoms with Crippen LogP contribution in [0.4, 0.5) is 4.39 Å². The van der Waals surface area contributed by atoms with E-state index in [0.29, 0.717) is 35.7 Å². The third-order valence-corrected chi connectivity index (χ3v) is 6.15. The zero-order chi connectivity index (χ0) is 22.9. The minimum absolute atomic E-state index is 0.170. The highest BCUT2D eigenvalue weighted by Gasteiger charge is 2.37. The van der Waals surface area contributed by atoms with E-state index >= 15 is 4.39 Å². The van der Waals surface area contributed by atoms with E-state index in [1.165, 1.54) is 6.07 Å². The Morgan fingerprint density at radius 2 is 2.12 bits per heavy atom. The summed E-state index contributed by atoms with van der Waals surface area (Å²) in [6.45, 7) is 2.21. The zero-order valence-electron chi connectivity index (χ0n) is 18.0. The zero-order valence-corrected chi connectivity index (χ0v) is 18.8. The molecular weight excluding hydrogens is 443 g/mol. The van der Waals surface area contributed by atoms with Gasteiger partial charge in [-0.15, -0.1) is 0 Å². The quantitative estimate of drug-likeness (QED) is 0.432. The second kappa shape index (κ2) is 8.83.